The van der Waals surface area contributed by atoms with Gasteiger partial charge in [-0.1, -0.05) is 18.2 Å². The van der Waals surface area contributed by atoms with Crippen molar-refractivity contribution in [3.8, 4) is 5.75 Å². The number of benzene rings is 2. The summed E-state index contributed by atoms with van der Waals surface area (Å²) in [6, 6.07) is 17.1. The zero-order valence-corrected chi connectivity index (χ0v) is 14.3. The third-order valence-electron chi connectivity index (χ3n) is 3.58. The number of carbonyl (C=O) groups is 1. The average molecular weight is 335 g/mol. The molecular weight excluding hydrogens is 314 g/mol. The molecule has 2 aromatic carbocycles. The van der Waals surface area contributed by atoms with Crippen molar-refractivity contribution in [2.24, 2.45) is 0 Å². The van der Waals surface area contributed by atoms with Crippen LogP contribution in [0, 0.1) is 0 Å². The quantitative estimate of drug-likeness (QED) is 0.713. The van der Waals surface area contributed by atoms with E-state index in [1.54, 1.807) is 6.20 Å². The maximum absolute atomic E-state index is 12.2. The molecule has 1 amide bonds. The average Bonchev–Trinajstić information content (AvgIpc) is 2.61. The molecule has 0 unspecified atom stereocenters. The van der Waals surface area contributed by atoms with E-state index in [-0.39, 0.29) is 18.6 Å². The summed E-state index contributed by atoms with van der Waals surface area (Å²) in [5, 5.41) is 7.05. The Morgan fingerprint density at radius 2 is 1.84 bits per heavy atom. The van der Waals surface area contributed by atoms with Gasteiger partial charge in [0.05, 0.1) is 23.9 Å². The number of para-hydroxylation sites is 1. The van der Waals surface area contributed by atoms with E-state index in [1.807, 2.05) is 68.4 Å². The SMILES string of the molecule is CC(C)Oc1ccc(NC(=O)CNc2cccc3cccnc23)cc1. The summed E-state index contributed by atoms with van der Waals surface area (Å²) >= 11 is 0. The Bertz CT molecular complexity index is 855. The number of fused-ring (bicyclic) bond motifs is 1. The summed E-state index contributed by atoms with van der Waals surface area (Å²) in [7, 11) is 0. The molecule has 0 radical (unpaired) electrons. The smallest absolute Gasteiger partial charge is 0.243 e. The number of ether oxygens (including phenoxy) is 1. The second-order valence-electron chi connectivity index (χ2n) is 5.97. The topological polar surface area (TPSA) is 63.2 Å². The van der Waals surface area contributed by atoms with Crippen molar-refractivity contribution in [3.05, 3.63) is 60.8 Å². The molecule has 0 fully saturated rings. The maximum Gasteiger partial charge on any atom is 0.243 e. The van der Waals surface area contributed by atoms with E-state index in [9.17, 15) is 4.79 Å². The van der Waals surface area contributed by atoms with Crippen molar-refractivity contribution < 1.29 is 9.53 Å². The van der Waals surface area contributed by atoms with Gasteiger partial charge in [0.15, 0.2) is 0 Å². The molecule has 25 heavy (non-hydrogen) atoms. The number of nitrogens with one attached hydrogen (secondary N) is 2. The Balaban J connectivity index is 1.59. The van der Waals surface area contributed by atoms with Crippen molar-refractivity contribution in [2.75, 3.05) is 17.2 Å². The summed E-state index contributed by atoms with van der Waals surface area (Å²) in [5.41, 5.74) is 2.43. The van der Waals surface area contributed by atoms with Crippen LogP contribution in [0.5, 0.6) is 5.75 Å². The second-order valence-corrected chi connectivity index (χ2v) is 5.97. The molecule has 1 heterocycles. The van der Waals surface area contributed by atoms with E-state index in [1.165, 1.54) is 0 Å². The maximum atomic E-state index is 12.2. The van der Waals surface area contributed by atoms with Crippen molar-refractivity contribution >= 4 is 28.2 Å². The highest BCUT2D eigenvalue weighted by Crippen LogP contribution is 2.20. The number of anilines is 2. The monoisotopic (exact) mass is 335 g/mol. The first-order valence-corrected chi connectivity index (χ1v) is 8.26. The number of rotatable bonds is 6. The van der Waals surface area contributed by atoms with Crippen LogP contribution < -0.4 is 15.4 Å². The van der Waals surface area contributed by atoms with Crippen LogP contribution in [0.25, 0.3) is 10.9 Å². The summed E-state index contributed by atoms with van der Waals surface area (Å²) in [5.74, 6) is 0.665. The van der Waals surface area contributed by atoms with Crippen molar-refractivity contribution in [1.29, 1.82) is 0 Å². The molecule has 0 spiro atoms. The number of hydrogen-bond donors (Lipinski definition) is 2. The predicted molar refractivity (Wildman–Crippen MR) is 101 cm³/mol. The van der Waals surface area contributed by atoms with Crippen LogP contribution in [0.4, 0.5) is 11.4 Å². The summed E-state index contributed by atoms with van der Waals surface area (Å²) in [6.45, 7) is 4.12. The van der Waals surface area contributed by atoms with Gasteiger partial charge in [0.25, 0.3) is 0 Å². The third kappa shape index (κ3) is 4.47. The molecule has 2 N–H and O–H groups in total. The summed E-state index contributed by atoms with van der Waals surface area (Å²) in [4.78, 5) is 16.5. The normalized spacial score (nSPS) is 10.7. The van der Waals surface area contributed by atoms with Crippen LogP contribution in [-0.4, -0.2) is 23.5 Å². The first-order valence-electron chi connectivity index (χ1n) is 8.26. The molecule has 0 aliphatic carbocycles. The van der Waals surface area contributed by atoms with E-state index in [2.05, 4.69) is 15.6 Å². The molecule has 0 aliphatic rings. The number of hydrogen-bond acceptors (Lipinski definition) is 4. The Labute approximate surface area is 147 Å². The number of nitrogens with zero attached hydrogens (tertiary/aromatic N) is 1. The predicted octanol–water partition coefficient (Wildman–Crippen LogP) is 4.07. The van der Waals surface area contributed by atoms with Crippen molar-refractivity contribution in [1.82, 2.24) is 4.98 Å². The highest BCUT2D eigenvalue weighted by Gasteiger charge is 2.06. The zero-order valence-electron chi connectivity index (χ0n) is 14.3. The van der Waals surface area contributed by atoms with Gasteiger partial charge in [0.2, 0.25) is 5.91 Å². The van der Waals surface area contributed by atoms with Crippen LogP contribution in [0.1, 0.15) is 13.8 Å². The van der Waals surface area contributed by atoms with Gasteiger partial charge in [-0.25, -0.2) is 0 Å². The first kappa shape index (κ1) is 16.8. The molecule has 0 atom stereocenters. The number of aromatic nitrogens is 1. The van der Waals surface area contributed by atoms with Gasteiger partial charge >= 0.3 is 0 Å². The molecule has 3 aromatic rings. The Kier molecular flexibility index (Phi) is 5.14. The molecule has 0 saturated carbocycles. The molecule has 3 rings (SSSR count). The van der Waals surface area contributed by atoms with E-state index in [0.717, 1.165) is 28.0 Å². The van der Waals surface area contributed by atoms with Crippen LogP contribution in [0.15, 0.2) is 60.8 Å². The van der Waals surface area contributed by atoms with Gasteiger partial charge in [0.1, 0.15) is 5.75 Å². The molecular formula is C20H21N3O2. The molecule has 0 saturated heterocycles. The fraction of sp³-hybridized carbons (Fsp3) is 0.200. The number of carbonyl (C=O) groups excluding carboxylic acids is 1. The van der Waals surface area contributed by atoms with E-state index in [4.69, 9.17) is 4.74 Å². The highest BCUT2D eigenvalue weighted by atomic mass is 16.5. The van der Waals surface area contributed by atoms with E-state index >= 15 is 0 Å². The number of amides is 1. The number of pyridine rings is 1. The standard InChI is InChI=1S/C20H21N3O2/c1-14(2)25-17-10-8-16(9-11-17)23-19(24)13-22-18-7-3-5-15-6-4-12-21-20(15)18/h3-12,14,22H,13H2,1-2H3,(H,23,24). The van der Waals surface area contributed by atoms with E-state index in [0.29, 0.717) is 0 Å². The van der Waals surface area contributed by atoms with Gasteiger partial charge in [0, 0.05) is 17.3 Å². The summed E-state index contributed by atoms with van der Waals surface area (Å²) in [6.07, 6.45) is 1.87. The van der Waals surface area contributed by atoms with Crippen molar-refractivity contribution in [3.63, 3.8) is 0 Å². The lowest BCUT2D eigenvalue weighted by molar-refractivity contribution is -0.114. The van der Waals surface area contributed by atoms with Crippen LogP contribution >= 0.6 is 0 Å². The van der Waals surface area contributed by atoms with Crippen LogP contribution in [-0.2, 0) is 4.79 Å². The highest BCUT2D eigenvalue weighted by molar-refractivity contribution is 5.96. The minimum atomic E-state index is -0.120. The molecule has 0 bridgehead atoms. The lowest BCUT2D eigenvalue weighted by atomic mass is 10.2. The van der Waals surface area contributed by atoms with Gasteiger partial charge in [-0.3, -0.25) is 9.78 Å². The Morgan fingerprint density at radius 1 is 1.08 bits per heavy atom. The first-order chi connectivity index (χ1) is 12.1. The lowest BCUT2D eigenvalue weighted by Crippen LogP contribution is -2.21. The zero-order chi connectivity index (χ0) is 17.6. The third-order valence-corrected chi connectivity index (χ3v) is 3.58. The summed E-state index contributed by atoms with van der Waals surface area (Å²) < 4.78 is 5.59. The van der Waals surface area contributed by atoms with Gasteiger partial charge in [-0.15, -0.1) is 0 Å². The second kappa shape index (κ2) is 7.66. The largest absolute Gasteiger partial charge is 0.491 e. The molecule has 0 aliphatic heterocycles. The van der Waals surface area contributed by atoms with E-state index < -0.39 is 0 Å². The van der Waals surface area contributed by atoms with Crippen LogP contribution in [0.3, 0.4) is 0 Å². The molecule has 1 aromatic heterocycles. The Hall–Kier alpha value is -3.08. The molecule has 5 nitrogen and oxygen atoms in total. The van der Waals surface area contributed by atoms with Gasteiger partial charge in [-0.05, 0) is 50.2 Å². The molecule has 5 heteroatoms. The van der Waals surface area contributed by atoms with Gasteiger partial charge < -0.3 is 15.4 Å². The van der Waals surface area contributed by atoms with Crippen LogP contribution in [0.2, 0.25) is 0 Å². The lowest BCUT2D eigenvalue weighted by Gasteiger charge is -2.11. The minimum absolute atomic E-state index is 0.120. The van der Waals surface area contributed by atoms with Gasteiger partial charge in [-0.2, -0.15) is 0 Å². The Morgan fingerprint density at radius 3 is 2.60 bits per heavy atom. The fourth-order valence-corrected chi connectivity index (χ4v) is 2.52. The molecule has 128 valence electrons. The van der Waals surface area contributed by atoms with Crippen molar-refractivity contribution in [2.45, 2.75) is 20.0 Å². The fourth-order valence-electron chi connectivity index (χ4n) is 2.52. The minimum Gasteiger partial charge on any atom is -0.491 e.